The van der Waals surface area contributed by atoms with Gasteiger partial charge in [0.2, 0.25) is 0 Å². The predicted molar refractivity (Wildman–Crippen MR) is 113 cm³/mol. The van der Waals surface area contributed by atoms with Gasteiger partial charge >= 0.3 is 5.56 Å². The quantitative estimate of drug-likeness (QED) is 0.410. The standard InChI is InChI=1S/C24H18ClN3O2/c25-22-18(15-7-3-1-4-8-15)13-17(14-26-22)19-11-12-20-27-23(29)21(24(30)28(19)20)16-9-5-2-6-10-16/h1-10,13-14,19H,11-12H2,(H,29,30). The molecule has 6 heteroatoms. The Balaban J connectivity index is 1.65. The molecule has 1 atom stereocenters. The van der Waals surface area contributed by atoms with Crippen molar-refractivity contribution in [2.45, 2.75) is 18.9 Å². The molecule has 1 aliphatic rings. The Morgan fingerprint density at radius 1 is 1.03 bits per heavy atom. The van der Waals surface area contributed by atoms with Crippen LogP contribution in [0.25, 0.3) is 22.3 Å². The van der Waals surface area contributed by atoms with E-state index < -0.39 is 0 Å². The van der Waals surface area contributed by atoms with Gasteiger partial charge in [0.25, 0.3) is 5.82 Å². The van der Waals surface area contributed by atoms with Gasteiger partial charge in [0.15, 0.2) is 0 Å². The molecule has 0 radical (unpaired) electrons. The second-order valence-electron chi connectivity index (χ2n) is 7.34. The zero-order valence-corrected chi connectivity index (χ0v) is 16.8. The number of benzene rings is 2. The van der Waals surface area contributed by atoms with Gasteiger partial charge in [-0.3, -0.25) is 0 Å². The molecule has 0 fully saturated rings. The van der Waals surface area contributed by atoms with E-state index in [1.165, 1.54) is 0 Å². The molecular weight excluding hydrogens is 398 g/mol. The normalized spacial score (nSPS) is 15.2. The van der Waals surface area contributed by atoms with Crippen LogP contribution >= 0.6 is 11.6 Å². The molecule has 0 bridgehead atoms. The van der Waals surface area contributed by atoms with Gasteiger partial charge in [-0.1, -0.05) is 72.3 Å². The molecule has 148 valence electrons. The number of pyridine rings is 1. The number of H-pyrrole nitrogens is 1. The summed E-state index contributed by atoms with van der Waals surface area (Å²) in [7, 11) is 0. The van der Waals surface area contributed by atoms with Crippen LogP contribution in [0.15, 0.2) is 77.7 Å². The Labute approximate surface area is 178 Å². The van der Waals surface area contributed by atoms with Crippen molar-refractivity contribution < 1.29 is 9.67 Å². The number of nitrogens with one attached hydrogen (secondary N) is 1. The van der Waals surface area contributed by atoms with Crippen molar-refractivity contribution >= 4 is 11.6 Å². The summed E-state index contributed by atoms with van der Waals surface area (Å²) in [6.45, 7) is 0. The fourth-order valence-corrected chi connectivity index (χ4v) is 4.36. The largest absolute Gasteiger partial charge is 0.842 e. The van der Waals surface area contributed by atoms with E-state index >= 15 is 0 Å². The molecule has 0 saturated carbocycles. The highest BCUT2D eigenvalue weighted by Crippen LogP contribution is 2.33. The van der Waals surface area contributed by atoms with Gasteiger partial charge < -0.3 is 5.11 Å². The SMILES string of the molecule is O=c1[nH]c2[n+](c([O-])c1-c1ccccc1)C(c1cnc(Cl)c(-c3ccccc3)c1)CC2. The van der Waals surface area contributed by atoms with Crippen LogP contribution in [0.1, 0.15) is 23.9 Å². The van der Waals surface area contributed by atoms with Crippen molar-refractivity contribution in [3.63, 3.8) is 0 Å². The highest BCUT2D eigenvalue weighted by atomic mass is 35.5. The van der Waals surface area contributed by atoms with Crippen LogP contribution in [0.2, 0.25) is 5.15 Å². The summed E-state index contributed by atoms with van der Waals surface area (Å²) in [5.41, 5.74) is 3.11. The van der Waals surface area contributed by atoms with E-state index in [9.17, 15) is 9.90 Å². The number of aryl methyl sites for hydroxylation is 1. The van der Waals surface area contributed by atoms with Crippen molar-refractivity contribution in [2.24, 2.45) is 0 Å². The van der Waals surface area contributed by atoms with Gasteiger partial charge in [-0.2, -0.15) is 0 Å². The molecule has 0 aliphatic carbocycles. The lowest BCUT2D eigenvalue weighted by Crippen LogP contribution is -2.45. The number of halogens is 1. The first-order valence-electron chi connectivity index (χ1n) is 9.77. The minimum absolute atomic E-state index is 0.163. The van der Waals surface area contributed by atoms with Crippen LogP contribution in [-0.4, -0.2) is 9.97 Å². The second kappa shape index (κ2) is 7.43. The summed E-state index contributed by atoms with van der Waals surface area (Å²) in [6, 6.07) is 20.6. The van der Waals surface area contributed by atoms with Crippen LogP contribution in [0.5, 0.6) is 5.88 Å². The molecule has 5 nitrogen and oxygen atoms in total. The van der Waals surface area contributed by atoms with Crippen LogP contribution in [0.4, 0.5) is 0 Å². The average Bonchev–Trinajstić information content (AvgIpc) is 3.19. The fourth-order valence-electron chi connectivity index (χ4n) is 4.15. The summed E-state index contributed by atoms with van der Waals surface area (Å²) >= 11 is 6.37. The van der Waals surface area contributed by atoms with Crippen LogP contribution in [0, 0.1) is 0 Å². The van der Waals surface area contributed by atoms with Gasteiger partial charge in [-0.15, -0.1) is 0 Å². The maximum Gasteiger partial charge on any atom is 0.342 e. The second-order valence-corrected chi connectivity index (χ2v) is 7.70. The third kappa shape index (κ3) is 3.08. The Morgan fingerprint density at radius 3 is 2.40 bits per heavy atom. The summed E-state index contributed by atoms with van der Waals surface area (Å²) in [4.78, 5) is 19.9. The highest BCUT2D eigenvalue weighted by molar-refractivity contribution is 6.32. The summed E-state index contributed by atoms with van der Waals surface area (Å²) in [5, 5.41) is 13.8. The lowest BCUT2D eigenvalue weighted by atomic mass is 10.0. The maximum atomic E-state index is 13.4. The van der Waals surface area contributed by atoms with E-state index in [0.29, 0.717) is 29.4 Å². The summed E-state index contributed by atoms with van der Waals surface area (Å²) in [6.07, 6.45) is 3.04. The van der Waals surface area contributed by atoms with Gasteiger partial charge in [-0.25, -0.2) is 19.3 Å². The van der Waals surface area contributed by atoms with Crippen molar-refractivity contribution in [3.05, 3.63) is 99.8 Å². The summed E-state index contributed by atoms with van der Waals surface area (Å²) in [5.74, 6) is 0.365. The molecule has 0 spiro atoms. The van der Waals surface area contributed by atoms with Crippen molar-refractivity contribution in [1.82, 2.24) is 9.97 Å². The third-order valence-corrected chi connectivity index (χ3v) is 5.87. The molecule has 1 aliphatic heterocycles. The lowest BCUT2D eigenvalue weighted by molar-refractivity contribution is -0.746. The Bertz CT molecular complexity index is 1290. The molecule has 3 heterocycles. The smallest absolute Gasteiger partial charge is 0.342 e. The Hall–Kier alpha value is -3.44. The van der Waals surface area contributed by atoms with Gasteiger partial charge in [0.1, 0.15) is 16.8 Å². The number of aromatic amines is 1. The molecule has 5 rings (SSSR count). The topological polar surface area (TPSA) is 72.7 Å². The van der Waals surface area contributed by atoms with Crippen molar-refractivity contribution in [2.75, 3.05) is 0 Å². The van der Waals surface area contributed by atoms with Crippen molar-refractivity contribution in [3.8, 4) is 28.1 Å². The van der Waals surface area contributed by atoms with E-state index in [-0.39, 0.29) is 23.0 Å². The van der Waals surface area contributed by atoms with Crippen LogP contribution in [-0.2, 0) is 6.42 Å². The zero-order chi connectivity index (χ0) is 20.7. The minimum atomic E-state index is -0.350. The number of fused-ring (bicyclic) bond motifs is 1. The van der Waals surface area contributed by atoms with E-state index in [4.69, 9.17) is 11.6 Å². The maximum absolute atomic E-state index is 13.4. The minimum Gasteiger partial charge on any atom is -0.842 e. The lowest BCUT2D eigenvalue weighted by Gasteiger charge is -2.19. The van der Waals surface area contributed by atoms with E-state index in [2.05, 4.69) is 9.97 Å². The molecule has 2 aromatic heterocycles. The van der Waals surface area contributed by atoms with Gasteiger partial charge in [0.05, 0.1) is 12.3 Å². The average molecular weight is 416 g/mol. The molecular formula is C24H18ClN3O2. The zero-order valence-electron chi connectivity index (χ0n) is 16.0. The van der Waals surface area contributed by atoms with Crippen LogP contribution < -0.4 is 15.2 Å². The van der Waals surface area contributed by atoms with Crippen molar-refractivity contribution in [1.29, 1.82) is 0 Å². The van der Waals surface area contributed by atoms with Gasteiger partial charge in [-0.05, 0) is 17.2 Å². The number of aromatic nitrogens is 3. The highest BCUT2D eigenvalue weighted by Gasteiger charge is 2.33. The van der Waals surface area contributed by atoms with E-state index in [0.717, 1.165) is 16.7 Å². The monoisotopic (exact) mass is 415 g/mol. The molecule has 4 aromatic rings. The molecule has 1 N–H and O–H groups in total. The third-order valence-electron chi connectivity index (χ3n) is 5.57. The Kier molecular flexibility index (Phi) is 4.60. The first-order valence-corrected chi connectivity index (χ1v) is 10.2. The van der Waals surface area contributed by atoms with E-state index in [1.807, 2.05) is 54.6 Å². The molecule has 30 heavy (non-hydrogen) atoms. The first-order chi connectivity index (χ1) is 14.6. The number of hydrogen-bond donors (Lipinski definition) is 1. The predicted octanol–water partition coefficient (Wildman–Crippen LogP) is 3.65. The fraction of sp³-hybridized carbons (Fsp3) is 0.125. The van der Waals surface area contributed by atoms with E-state index in [1.54, 1.807) is 22.9 Å². The molecule has 1 unspecified atom stereocenters. The molecule has 0 amide bonds. The number of nitrogens with zero attached hydrogens (tertiary/aromatic N) is 2. The first kappa shape index (κ1) is 18.6. The Morgan fingerprint density at radius 2 is 1.70 bits per heavy atom. The molecule has 2 aromatic carbocycles. The van der Waals surface area contributed by atoms with Crippen LogP contribution in [0.3, 0.4) is 0 Å². The summed E-state index contributed by atoms with van der Waals surface area (Å²) < 4.78 is 1.70. The number of rotatable bonds is 3. The number of hydrogen-bond acceptors (Lipinski definition) is 3. The van der Waals surface area contributed by atoms with Gasteiger partial charge in [0, 0.05) is 23.7 Å². The molecule has 0 saturated heterocycles.